The van der Waals surface area contributed by atoms with E-state index in [0.717, 1.165) is 74.3 Å². The number of ether oxygens (including phenoxy) is 4. The molecule has 8 nitrogen and oxygen atoms in total. The van der Waals surface area contributed by atoms with Gasteiger partial charge in [0.15, 0.2) is 0 Å². The summed E-state index contributed by atoms with van der Waals surface area (Å²) in [7, 11) is 3.39. The highest BCUT2D eigenvalue weighted by Crippen LogP contribution is 2.27. The number of hydrogen-bond acceptors (Lipinski definition) is 8. The zero-order chi connectivity index (χ0) is 21.5. The maximum atomic E-state index is 5.93. The van der Waals surface area contributed by atoms with E-state index >= 15 is 0 Å². The minimum absolute atomic E-state index is 0.247. The fraction of sp³-hybridized carbons (Fsp3) is 0.565. The van der Waals surface area contributed by atoms with Crippen LogP contribution in [0.25, 0.3) is 0 Å². The molecule has 0 N–H and O–H groups in total. The largest absolute Gasteiger partial charge is 0.497 e. The van der Waals surface area contributed by atoms with Gasteiger partial charge in [0.2, 0.25) is 5.95 Å². The predicted octanol–water partition coefficient (Wildman–Crippen LogP) is 2.51. The summed E-state index contributed by atoms with van der Waals surface area (Å²) in [6, 6.07) is 7.92. The lowest BCUT2D eigenvalue weighted by molar-refractivity contribution is 0.0671. The summed E-state index contributed by atoms with van der Waals surface area (Å²) in [5, 5.41) is 0. The van der Waals surface area contributed by atoms with Crippen molar-refractivity contribution < 1.29 is 18.9 Å². The van der Waals surface area contributed by atoms with Crippen molar-refractivity contribution in [2.45, 2.75) is 32.0 Å². The summed E-state index contributed by atoms with van der Waals surface area (Å²) in [6.07, 6.45) is 4.31. The minimum atomic E-state index is 0.247. The number of hydrogen-bond donors (Lipinski definition) is 0. The third-order valence-corrected chi connectivity index (χ3v) is 5.75. The van der Waals surface area contributed by atoms with E-state index < -0.39 is 0 Å². The summed E-state index contributed by atoms with van der Waals surface area (Å²) in [4.78, 5) is 13.9. The molecule has 2 aliphatic rings. The van der Waals surface area contributed by atoms with E-state index in [0.29, 0.717) is 19.8 Å². The molecule has 0 unspecified atom stereocenters. The third kappa shape index (κ3) is 5.84. The first-order valence-electron chi connectivity index (χ1n) is 10.9. The van der Waals surface area contributed by atoms with Crippen LogP contribution in [0.15, 0.2) is 30.5 Å². The highest BCUT2D eigenvalue weighted by molar-refractivity contribution is 5.40. The summed E-state index contributed by atoms with van der Waals surface area (Å²) in [5.41, 5.74) is 2.08. The summed E-state index contributed by atoms with van der Waals surface area (Å²) in [6.45, 7) is 6.20. The smallest absolute Gasteiger partial charge is 0.225 e. The molecule has 1 aromatic heterocycles. The average Bonchev–Trinajstić information content (AvgIpc) is 3.33. The molecule has 3 heterocycles. The van der Waals surface area contributed by atoms with Crippen molar-refractivity contribution >= 4 is 5.95 Å². The zero-order valence-electron chi connectivity index (χ0n) is 18.5. The topological polar surface area (TPSA) is 69.2 Å². The second-order valence-corrected chi connectivity index (χ2v) is 7.93. The molecular formula is C23H32N4O4. The highest BCUT2D eigenvalue weighted by Gasteiger charge is 2.22. The Kier molecular flexibility index (Phi) is 7.56. The molecule has 2 aromatic rings. The Morgan fingerprint density at radius 2 is 1.97 bits per heavy atom. The van der Waals surface area contributed by atoms with Crippen molar-refractivity contribution in [1.29, 1.82) is 0 Å². The molecule has 1 atom stereocenters. The number of nitrogens with zero attached hydrogens (tertiary/aromatic N) is 4. The Balaban J connectivity index is 1.53. The van der Waals surface area contributed by atoms with Crippen LogP contribution in [0.2, 0.25) is 0 Å². The molecule has 2 aliphatic heterocycles. The van der Waals surface area contributed by atoms with E-state index in [-0.39, 0.29) is 6.10 Å². The lowest BCUT2D eigenvalue weighted by Crippen LogP contribution is -2.37. The van der Waals surface area contributed by atoms with E-state index in [1.54, 1.807) is 14.2 Å². The molecule has 8 heteroatoms. The number of morpholine rings is 1. The van der Waals surface area contributed by atoms with Gasteiger partial charge in [0.25, 0.3) is 0 Å². The first kappa shape index (κ1) is 21.8. The van der Waals surface area contributed by atoms with Gasteiger partial charge in [-0.2, -0.15) is 0 Å². The normalized spacial score (nSPS) is 19.1. The fourth-order valence-corrected chi connectivity index (χ4v) is 4.13. The third-order valence-electron chi connectivity index (χ3n) is 5.75. The molecule has 168 valence electrons. The van der Waals surface area contributed by atoms with Crippen LogP contribution in [-0.2, 0) is 22.6 Å². The molecule has 0 aliphatic carbocycles. The number of rotatable bonds is 9. The molecule has 31 heavy (non-hydrogen) atoms. The van der Waals surface area contributed by atoms with Crippen molar-refractivity contribution in [3.63, 3.8) is 0 Å². The monoisotopic (exact) mass is 428 g/mol. The van der Waals surface area contributed by atoms with Crippen LogP contribution < -0.4 is 14.4 Å². The second kappa shape index (κ2) is 10.7. The van der Waals surface area contributed by atoms with Crippen molar-refractivity contribution in [3.8, 4) is 11.5 Å². The van der Waals surface area contributed by atoms with Gasteiger partial charge in [-0.25, -0.2) is 9.97 Å². The van der Waals surface area contributed by atoms with Gasteiger partial charge in [-0.3, -0.25) is 4.90 Å². The molecule has 0 saturated carbocycles. The van der Waals surface area contributed by atoms with E-state index in [1.165, 1.54) is 0 Å². The standard InChI is InChI=1S/C23H32N4O4/c1-28-20-5-6-22(29-2)18(14-20)15-26(17-21-4-3-11-31-21)16-19-7-8-24-23(25-19)27-9-12-30-13-10-27/h5-8,14,21H,3-4,9-13,15-17H2,1-2H3/t21-/m1/s1. The first-order valence-corrected chi connectivity index (χ1v) is 10.9. The van der Waals surface area contributed by atoms with Gasteiger partial charge in [0.05, 0.1) is 39.2 Å². The van der Waals surface area contributed by atoms with E-state index in [1.807, 2.05) is 30.5 Å². The van der Waals surface area contributed by atoms with Gasteiger partial charge in [-0.05, 0) is 37.1 Å². The van der Waals surface area contributed by atoms with Crippen LogP contribution in [0.4, 0.5) is 5.95 Å². The molecule has 2 saturated heterocycles. The van der Waals surface area contributed by atoms with Crippen LogP contribution in [0.3, 0.4) is 0 Å². The number of anilines is 1. The van der Waals surface area contributed by atoms with Crippen LogP contribution in [-0.4, -0.2) is 74.6 Å². The van der Waals surface area contributed by atoms with Crippen LogP contribution in [0, 0.1) is 0 Å². The average molecular weight is 429 g/mol. The molecule has 1 aromatic carbocycles. The Morgan fingerprint density at radius 1 is 1.10 bits per heavy atom. The van der Waals surface area contributed by atoms with Crippen molar-refractivity contribution in [3.05, 3.63) is 41.7 Å². The number of aromatic nitrogens is 2. The lowest BCUT2D eigenvalue weighted by atomic mass is 10.1. The van der Waals surface area contributed by atoms with Gasteiger partial charge in [0, 0.05) is 51.1 Å². The van der Waals surface area contributed by atoms with Gasteiger partial charge in [0.1, 0.15) is 11.5 Å². The summed E-state index contributed by atoms with van der Waals surface area (Å²) >= 11 is 0. The highest BCUT2D eigenvalue weighted by atomic mass is 16.5. The SMILES string of the molecule is COc1ccc(OC)c(CN(Cc2ccnc(N3CCOCC3)n2)C[C@H]2CCCO2)c1. The minimum Gasteiger partial charge on any atom is -0.497 e. The summed E-state index contributed by atoms with van der Waals surface area (Å²) < 4.78 is 22.4. The Morgan fingerprint density at radius 3 is 2.71 bits per heavy atom. The van der Waals surface area contributed by atoms with Gasteiger partial charge < -0.3 is 23.8 Å². The molecular weight excluding hydrogens is 396 g/mol. The van der Waals surface area contributed by atoms with Crippen LogP contribution >= 0.6 is 0 Å². The van der Waals surface area contributed by atoms with Crippen molar-refractivity contribution in [1.82, 2.24) is 14.9 Å². The lowest BCUT2D eigenvalue weighted by Gasteiger charge is -2.28. The maximum absolute atomic E-state index is 5.93. The van der Waals surface area contributed by atoms with Gasteiger partial charge >= 0.3 is 0 Å². The maximum Gasteiger partial charge on any atom is 0.225 e. The molecule has 4 rings (SSSR count). The van der Waals surface area contributed by atoms with E-state index in [2.05, 4.69) is 14.8 Å². The van der Waals surface area contributed by atoms with Gasteiger partial charge in [-0.1, -0.05) is 0 Å². The van der Waals surface area contributed by atoms with Crippen molar-refractivity contribution in [2.75, 3.05) is 58.6 Å². The quantitative estimate of drug-likeness (QED) is 0.604. The number of benzene rings is 1. The van der Waals surface area contributed by atoms with Crippen LogP contribution in [0.5, 0.6) is 11.5 Å². The molecule has 0 amide bonds. The Bertz CT molecular complexity index is 838. The fourth-order valence-electron chi connectivity index (χ4n) is 4.13. The van der Waals surface area contributed by atoms with Crippen LogP contribution in [0.1, 0.15) is 24.1 Å². The first-order chi connectivity index (χ1) is 15.2. The zero-order valence-corrected chi connectivity index (χ0v) is 18.5. The van der Waals surface area contributed by atoms with E-state index in [4.69, 9.17) is 23.9 Å². The number of methoxy groups -OCH3 is 2. The Labute approximate surface area is 184 Å². The molecule has 0 bridgehead atoms. The molecule has 0 radical (unpaired) electrons. The molecule has 2 fully saturated rings. The van der Waals surface area contributed by atoms with E-state index in [9.17, 15) is 0 Å². The second-order valence-electron chi connectivity index (χ2n) is 7.93. The van der Waals surface area contributed by atoms with Crippen molar-refractivity contribution in [2.24, 2.45) is 0 Å². The summed E-state index contributed by atoms with van der Waals surface area (Å²) in [5.74, 6) is 2.45. The predicted molar refractivity (Wildman–Crippen MR) is 118 cm³/mol. The van der Waals surface area contributed by atoms with Gasteiger partial charge in [-0.15, -0.1) is 0 Å². The molecule has 0 spiro atoms. The Hall–Kier alpha value is -2.42.